The summed E-state index contributed by atoms with van der Waals surface area (Å²) >= 11 is 0. The highest BCUT2D eigenvalue weighted by Crippen LogP contribution is 2.73. The van der Waals surface area contributed by atoms with Crippen LogP contribution in [-0.4, -0.2) is 21.6 Å². The van der Waals surface area contributed by atoms with Crippen molar-refractivity contribution in [2.45, 2.75) is 166 Å². The van der Waals surface area contributed by atoms with Crippen molar-refractivity contribution in [2.75, 3.05) is 0 Å². The Hall–Kier alpha value is -0.700. The molecule has 0 spiro atoms. The molecule has 6 rings (SSSR count). The highest BCUT2D eigenvalue weighted by Gasteiger charge is 2.58. The van der Waals surface area contributed by atoms with Crippen LogP contribution < -0.4 is 10.6 Å². The highest BCUT2D eigenvalue weighted by atomic mass is 31.1. The van der Waals surface area contributed by atoms with Crippen molar-refractivity contribution in [1.82, 2.24) is 0 Å². The average Bonchev–Trinajstić information content (AvgIpc) is 3.64. The molecule has 0 nitrogen and oxygen atoms in total. The second-order valence-corrected chi connectivity index (χ2v) is 24.0. The topological polar surface area (TPSA) is 0 Å². The lowest BCUT2D eigenvalue weighted by Gasteiger charge is -2.58. The summed E-state index contributed by atoms with van der Waals surface area (Å²) in [6, 6.07) is 22.1. The van der Waals surface area contributed by atoms with Crippen LogP contribution in [0.15, 0.2) is 54.6 Å². The smallest absolute Gasteiger partial charge is 0.00635 e. The van der Waals surface area contributed by atoms with Gasteiger partial charge in [-0.3, -0.25) is 0 Å². The summed E-state index contributed by atoms with van der Waals surface area (Å²) in [7, 11) is -0.648. The minimum atomic E-state index is -0.439. The van der Waals surface area contributed by atoms with Crippen LogP contribution in [0.1, 0.15) is 150 Å². The molecule has 3 aliphatic carbocycles. The van der Waals surface area contributed by atoms with E-state index in [-0.39, 0.29) is 7.92 Å². The van der Waals surface area contributed by atoms with Crippen molar-refractivity contribution in [3.8, 4) is 0 Å². The van der Waals surface area contributed by atoms with E-state index >= 15 is 0 Å². The summed E-state index contributed by atoms with van der Waals surface area (Å²) in [5.74, 6) is 3.55. The van der Waals surface area contributed by atoms with E-state index in [0.29, 0.717) is 15.7 Å². The first-order valence-corrected chi connectivity index (χ1v) is 21.6. The van der Waals surface area contributed by atoms with Gasteiger partial charge in [0, 0.05) is 0 Å². The van der Waals surface area contributed by atoms with Crippen molar-refractivity contribution in [1.29, 1.82) is 0 Å². The molecular weight excluding hydrogens is 566 g/mol. The summed E-state index contributed by atoms with van der Waals surface area (Å²) < 4.78 is 0. The lowest BCUT2D eigenvalue weighted by atomic mass is 9.65. The predicted octanol–water partition coefficient (Wildman–Crippen LogP) is 12.4. The van der Waals surface area contributed by atoms with Gasteiger partial charge in [-0.2, -0.15) is 0 Å². The van der Waals surface area contributed by atoms with Crippen LogP contribution in [-0.2, 0) is 0 Å². The van der Waals surface area contributed by atoms with Crippen LogP contribution in [0.2, 0.25) is 0 Å². The molecule has 4 aliphatic rings. The maximum atomic E-state index is 2.82. The highest BCUT2D eigenvalue weighted by molar-refractivity contribution is 7.73. The van der Waals surface area contributed by atoms with Gasteiger partial charge in [0.05, 0.1) is 0 Å². The van der Waals surface area contributed by atoms with E-state index in [1.54, 1.807) is 16.2 Å². The van der Waals surface area contributed by atoms with Gasteiger partial charge in [-0.25, -0.2) is 0 Å². The fraction of sp³-hybridized carbons (Fsp3) is 0.714. The number of hydrogen-bond donors (Lipinski definition) is 0. The molecule has 242 valence electrons. The van der Waals surface area contributed by atoms with Gasteiger partial charge < -0.3 is 0 Å². The molecule has 0 aromatic heterocycles. The molecular formula is C42H64P2. The normalized spacial score (nSPS) is 34.1. The molecule has 3 saturated carbocycles. The Kier molecular flexibility index (Phi) is 10.1. The monoisotopic (exact) mass is 630 g/mol. The third-order valence-electron chi connectivity index (χ3n) is 13.0. The molecule has 2 aromatic rings. The first-order chi connectivity index (χ1) is 21.0. The zero-order chi connectivity index (χ0) is 31.1. The predicted molar refractivity (Wildman–Crippen MR) is 199 cm³/mol. The van der Waals surface area contributed by atoms with Crippen molar-refractivity contribution >= 4 is 26.5 Å². The molecule has 3 fully saturated rings. The maximum Gasteiger partial charge on any atom is -0.00635 e. The van der Waals surface area contributed by atoms with Crippen LogP contribution in [0.3, 0.4) is 0 Å². The summed E-state index contributed by atoms with van der Waals surface area (Å²) in [6.07, 6.45) is 20.6. The van der Waals surface area contributed by atoms with Crippen molar-refractivity contribution < 1.29 is 0 Å². The van der Waals surface area contributed by atoms with Crippen molar-refractivity contribution in [3.05, 3.63) is 60.2 Å². The molecule has 1 aliphatic heterocycles. The Labute approximate surface area is 274 Å². The molecule has 0 radical (unpaired) electrons. The number of rotatable bonds is 3. The molecule has 4 bridgehead atoms. The summed E-state index contributed by atoms with van der Waals surface area (Å²) in [5, 5.41) is 4.15. The van der Waals surface area contributed by atoms with E-state index in [1.165, 1.54) is 89.9 Å². The third kappa shape index (κ3) is 6.41. The van der Waals surface area contributed by atoms with E-state index in [1.807, 2.05) is 0 Å². The van der Waals surface area contributed by atoms with Crippen LogP contribution in [0.5, 0.6) is 0 Å². The fourth-order valence-electron chi connectivity index (χ4n) is 11.8. The lowest BCUT2D eigenvalue weighted by Crippen LogP contribution is -2.50. The van der Waals surface area contributed by atoms with Gasteiger partial charge in [0.1, 0.15) is 0 Å². The number of hydrogen-bond acceptors (Lipinski definition) is 0. The summed E-state index contributed by atoms with van der Waals surface area (Å²) in [4.78, 5) is 0. The number of fused-ring (bicyclic) bond motifs is 10. The first-order valence-electron chi connectivity index (χ1n) is 18.7. The fourth-order valence-corrected chi connectivity index (χ4v) is 21.0. The van der Waals surface area contributed by atoms with E-state index in [9.17, 15) is 0 Å². The van der Waals surface area contributed by atoms with Crippen LogP contribution >= 0.6 is 15.8 Å². The van der Waals surface area contributed by atoms with E-state index in [0.717, 1.165) is 35.0 Å². The van der Waals surface area contributed by atoms with Crippen LogP contribution in [0.4, 0.5) is 0 Å². The maximum absolute atomic E-state index is 2.82. The Morgan fingerprint density at radius 1 is 0.682 bits per heavy atom. The minimum absolute atomic E-state index is 0.208. The van der Waals surface area contributed by atoms with E-state index in [4.69, 9.17) is 0 Å². The average molecular weight is 631 g/mol. The SMILES string of the molecule is C[C@@H](P(C(C)(C)C)C(C)(C)C)C12CCCC1P(c1ccccc1)c1ccccc1C1CCC(C1)C1CCCCCCC2CC1. The molecule has 1 heterocycles. The zero-order valence-corrected chi connectivity index (χ0v) is 31.2. The van der Waals surface area contributed by atoms with Gasteiger partial charge in [-0.15, -0.1) is 0 Å². The molecule has 7 unspecified atom stereocenters. The Morgan fingerprint density at radius 3 is 2.07 bits per heavy atom. The lowest BCUT2D eigenvalue weighted by molar-refractivity contribution is 0.123. The molecule has 0 N–H and O–H groups in total. The third-order valence-corrected chi connectivity index (χ3v) is 20.3. The molecule has 8 atom stereocenters. The van der Waals surface area contributed by atoms with Gasteiger partial charge in [-0.05, 0) is 126 Å². The van der Waals surface area contributed by atoms with Crippen molar-refractivity contribution in [2.24, 2.45) is 23.2 Å². The molecule has 2 heteroatoms. The van der Waals surface area contributed by atoms with Gasteiger partial charge in [0.2, 0.25) is 0 Å². The molecule has 2 aromatic carbocycles. The van der Waals surface area contributed by atoms with Gasteiger partial charge >= 0.3 is 0 Å². The molecule has 0 amide bonds. The Balaban J connectivity index is 1.61. The van der Waals surface area contributed by atoms with Gasteiger partial charge in [0.15, 0.2) is 0 Å². The number of benzene rings is 2. The second-order valence-electron chi connectivity index (χ2n) is 17.5. The van der Waals surface area contributed by atoms with Crippen molar-refractivity contribution in [3.63, 3.8) is 0 Å². The van der Waals surface area contributed by atoms with E-state index in [2.05, 4.69) is 103 Å². The molecule has 44 heavy (non-hydrogen) atoms. The van der Waals surface area contributed by atoms with Crippen LogP contribution in [0, 0.1) is 23.2 Å². The largest absolute Gasteiger partial charge is 0.0921 e. The molecule has 0 saturated heterocycles. The summed E-state index contributed by atoms with van der Waals surface area (Å²) in [5.41, 5.74) is 3.75. The quantitative estimate of drug-likeness (QED) is 0.296. The standard InChI is InChI=1S/C42H64P2/c1-31(44(40(2,3)4)41(5,6)7)42-29-17-24-39(42)43(36-20-13-10-14-21-36)38-23-16-15-22-37(38)34-26-25-33(30-34)32-18-11-8-9-12-19-35(42)28-27-32/h10,13-16,20-23,31-35,39H,8-9,11-12,17-19,24-30H2,1-7H3/t31-,32?,33?,34?,35?,39?,42?,43?/m1/s1. The van der Waals surface area contributed by atoms with E-state index < -0.39 is 7.92 Å². The van der Waals surface area contributed by atoms with Gasteiger partial charge in [-0.1, -0.05) is 150 Å². The second kappa shape index (κ2) is 13.4. The minimum Gasteiger partial charge on any atom is -0.0921 e. The zero-order valence-electron chi connectivity index (χ0n) is 29.5. The Morgan fingerprint density at radius 2 is 1.34 bits per heavy atom. The first kappa shape index (κ1) is 33.2. The Bertz CT molecular complexity index is 1210. The summed E-state index contributed by atoms with van der Waals surface area (Å²) in [6.45, 7) is 18.4. The van der Waals surface area contributed by atoms with Gasteiger partial charge in [0.25, 0.3) is 0 Å². The van der Waals surface area contributed by atoms with Crippen LogP contribution in [0.25, 0.3) is 0 Å².